The van der Waals surface area contributed by atoms with Gasteiger partial charge in [0, 0.05) is 6.04 Å². The highest BCUT2D eigenvalue weighted by Gasteiger charge is 2.42. The van der Waals surface area contributed by atoms with E-state index in [4.69, 9.17) is 5.73 Å². The average molecular weight is 266 g/mol. The molecule has 2 heteroatoms. The van der Waals surface area contributed by atoms with Crippen LogP contribution in [0, 0.1) is 0 Å². The Morgan fingerprint density at radius 2 is 1.45 bits per heavy atom. The molecular formula is C18H22N2. The maximum absolute atomic E-state index is 6.99. The molecule has 20 heavy (non-hydrogen) atoms. The van der Waals surface area contributed by atoms with Crippen molar-refractivity contribution in [2.45, 2.75) is 24.4 Å². The zero-order chi connectivity index (χ0) is 14.0. The van der Waals surface area contributed by atoms with Gasteiger partial charge in [0.25, 0.3) is 0 Å². The molecule has 0 amide bonds. The van der Waals surface area contributed by atoms with Crippen LogP contribution in [-0.4, -0.2) is 24.5 Å². The predicted octanol–water partition coefficient (Wildman–Crippen LogP) is 2.98. The number of hydrogen-bond donors (Lipinski definition) is 1. The highest BCUT2D eigenvalue weighted by molar-refractivity contribution is 5.40. The van der Waals surface area contributed by atoms with Crippen LogP contribution in [0.3, 0.4) is 0 Å². The average Bonchev–Trinajstić information content (AvgIpc) is 2.95. The first-order valence-electron chi connectivity index (χ1n) is 7.33. The lowest BCUT2D eigenvalue weighted by Crippen LogP contribution is -2.53. The van der Waals surface area contributed by atoms with E-state index in [9.17, 15) is 0 Å². The first-order valence-corrected chi connectivity index (χ1v) is 7.33. The summed E-state index contributed by atoms with van der Waals surface area (Å²) in [7, 11) is 2.19. The van der Waals surface area contributed by atoms with Gasteiger partial charge in [0.1, 0.15) is 0 Å². The van der Waals surface area contributed by atoms with Gasteiger partial charge in [-0.25, -0.2) is 0 Å². The van der Waals surface area contributed by atoms with Gasteiger partial charge in [-0.2, -0.15) is 0 Å². The van der Waals surface area contributed by atoms with Crippen LogP contribution < -0.4 is 5.73 Å². The van der Waals surface area contributed by atoms with E-state index in [2.05, 4.69) is 60.5 Å². The number of likely N-dealkylation sites (tertiary alicyclic amines) is 1. The van der Waals surface area contributed by atoms with Gasteiger partial charge in [-0.05, 0) is 37.6 Å². The van der Waals surface area contributed by atoms with E-state index in [-0.39, 0.29) is 0 Å². The summed E-state index contributed by atoms with van der Waals surface area (Å²) in [6.07, 6.45) is 2.37. The minimum atomic E-state index is -0.437. The quantitative estimate of drug-likeness (QED) is 0.925. The van der Waals surface area contributed by atoms with Gasteiger partial charge in [-0.1, -0.05) is 60.7 Å². The molecule has 1 aliphatic heterocycles. The van der Waals surface area contributed by atoms with Crippen LogP contribution in [0.1, 0.15) is 24.0 Å². The fourth-order valence-electron chi connectivity index (χ4n) is 3.46. The monoisotopic (exact) mass is 266 g/mol. The Balaban J connectivity index is 2.13. The standard InChI is InChI=1S/C18H22N2/c1-20-14-8-13-17(20)18(19,15-9-4-2-5-10-15)16-11-6-3-7-12-16/h2-7,9-12,17H,8,13-14,19H2,1H3. The number of likely N-dealkylation sites (N-methyl/N-ethyl adjacent to an activating group) is 1. The molecule has 0 aromatic heterocycles. The molecule has 1 unspecified atom stereocenters. The van der Waals surface area contributed by atoms with E-state index in [0.717, 1.165) is 13.0 Å². The molecule has 2 aromatic rings. The summed E-state index contributed by atoms with van der Waals surface area (Å²) in [5.74, 6) is 0. The van der Waals surface area contributed by atoms with E-state index < -0.39 is 5.54 Å². The predicted molar refractivity (Wildman–Crippen MR) is 83.5 cm³/mol. The second-order valence-corrected chi connectivity index (χ2v) is 5.74. The van der Waals surface area contributed by atoms with E-state index in [0.29, 0.717) is 6.04 Å². The lowest BCUT2D eigenvalue weighted by atomic mass is 9.77. The van der Waals surface area contributed by atoms with Crippen molar-refractivity contribution in [2.75, 3.05) is 13.6 Å². The van der Waals surface area contributed by atoms with Crippen LogP contribution in [0.15, 0.2) is 60.7 Å². The van der Waals surface area contributed by atoms with Gasteiger partial charge in [0.15, 0.2) is 0 Å². The Kier molecular flexibility index (Phi) is 3.60. The fourth-order valence-corrected chi connectivity index (χ4v) is 3.46. The van der Waals surface area contributed by atoms with Crippen LogP contribution in [0.4, 0.5) is 0 Å². The number of rotatable bonds is 3. The first kappa shape index (κ1) is 13.3. The molecule has 0 aliphatic carbocycles. The molecule has 1 heterocycles. The van der Waals surface area contributed by atoms with E-state index in [1.165, 1.54) is 17.5 Å². The maximum atomic E-state index is 6.99. The fraction of sp³-hybridized carbons (Fsp3) is 0.333. The molecule has 2 nitrogen and oxygen atoms in total. The van der Waals surface area contributed by atoms with E-state index in [1.807, 2.05) is 12.1 Å². The van der Waals surface area contributed by atoms with Gasteiger partial charge in [0.2, 0.25) is 0 Å². The van der Waals surface area contributed by atoms with Crippen LogP contribution in [0.5, 0.6) is 0 Å². The van der Waals surface area contributed by atoms with Crippen LogP contribution in [0.25, 0.3) is 0 Å². The van der Waals surface area contributed by atoms with Crippen molar-refractivity contribution < 1.29 is 0 Å². The minimum absolute atomic E-state index is 0.354. The lowest BCUT2D eigenvalue weighted by Gasteiger charge is -2.40. The van der Waals surface area contributed by atoms with E-state index >= 15 is 0 Å². The summed E-state index contributed by atoms with van der Waals surface area (Å²) in [4.78, 5) is 2.40. The van der Waals surface area contributed by atoms with Crippen molar-refractivity contribution >= 4 is 0 Å². The van der Waals surface area contributed by atoms with Crippen LogP contribution in [0.2, 0.25) is 0 Å². The lowest BCUT2D eigenvalue weighted by molar-refractivity contribution is 0.222. The third kappa shape index (κ3) is 2.15. The Bertz CT molecular complexity index is 511. The van der Waals surface area contributed by atoms with Crippen molar-refractivity contribution in [3.05, 3.63) is 71.8 Å². The normalized spacial score (nSPS) is 20.2. The van der Waals surface area contributed by atoms with Gasteiger partial charge in [-0.15, -0.1) is 0 Å². The molecule has 104 valence electrons. The van der Waals surface area contributed by atoms with Crippen molar-refractivity contribution in [1.29, 1.82) is 0 Å². The SMILES string of the molecule is CN1CCCC1C(N)(c1ccccc1)c1ccccc1. The number of nitrogens with zero attached hydrogens (tertiary/aromatic N) is 1. The Labute approximate surface area is 121 Å². The minimum Gasteiger partial charge on any atom is -0.316 e. The summed E-state index contributed by atoms with van der Waals surface area (Å²) in [5.41, 5.74) is 8.96. The zero-order valence-electron chi connectivity index (χ0n) is 12.0. The summed E-state index contributed by atoms with van der Waals surface area (Å²) in [6.45, 7) is 1.13. The van der Waals surface area contributed by atoms with Gasteiger partial charge in [0.05, 0.1) is 5.54 Å². The molecule has 2 aromatic carbocycles. The molecule has 3 rings (SSSR count). The van der Waals surface area contributed by atoms with Gasteiger partial charge >= 0.3 is 0 Å². The molecule has 0 radical (unpaired) electrons. The Hall–Kier alpha value is -1.64. The molecule has 1 aliphatic rings. The van der Waals surface area contributed by atoms with Crippen molar-refractivity contribution in [1.82, 2.24) is 4.90 Å². The van der Waals surface area contributed by atoms with E-state index in [1.54, 1.807) is 0 Å². The topological polar surface area (TPSA) is 29.3 Å². The Morgan fingerprint density at radius 3 is 1.85 bits per heavy atom. The first-order chi connectivity index (χ1) is 9.73. The molecule has 0 saturated carbocycles. The molecule has 0 spiro atoms. The van der Waals surface area contributed by atoms with Crippen LogP contribution >= 0.6 is 0 Å². The van der Waals surface area contributed by atoms with Crippen LogP contribution in [-0.2, 0) is 5.54 Å². The third-order valence-corrected chi connectivity index (χ3v) is 4.55. The molecule has 1 saturated heterocycles. The van der Waals surface area contributed by atoms with Gasteiger partial charge in [-0.3, -0.25) is 0 Å². The molecule has 1 fully saturated rings. The Morgan fingerprint density at radius 1 is 0.950 bits per heavy atom. The molecular weight excluding hydrogens is 244 g/mol. The van der Waals surface area contributed by atoms with Crippen molar-refractivity contribution in [2.24, 2.45) is 5.73 Å². The summed E-state index contributed by atoms with van der Waals surface area (Å²) < 4.78 is 0. The largest absolute Gasteiger partial charge is 0.316 e. The summed E-state index contributed by atoms with van der Waals surface area (Å²) in [5, 5.41) is 0. The molecule has 2 N–H and O–H groups in total. The van der Waals surface area contributed by atoms with Gasteiger partial charge < -0.3 is 10.6 Å². The second kappa shape index (κ2) is 5.39. The molecule has 1 atom stereocenters. The maximum Gasteiger partial charge on any atom is 0.0823 e. The second-order valence-electron chi connectivity index (χ2n) is 5.74. The van der Waals surface area contributed by atoms with Crippen molar-refractivity contribution in [3.8, 4) is 0 Å². The summed E-state index contributed by atoms with van der Waals surface area (Å²) >= 11 is 0. The zero-order valence-corrected chi connectivity index (χ0v) is 12.0. The number of hydrogen-bond acceptors (Lipinski definition) is 2. The smallest absolute Gasteiger partial charge is 0.0823 e. The van der Waals surface area contributed by atoms with Crippen molar-refractivity contribution in [3.63, 3.8) is 0 Å². The third-order valence-electron chi connectivity index (χ3n) is 4.55. The number of nitrogens with two attached hydrogens (primary N) is 1. The molecule has 0 bridgehead atoms. The highest BCUT2D eigenvalue weighted by atomic mass is 15.2. The number of benzene rings is 2. The highest BCUT2D eigenvalue weighted by Crippen LogP contribution is 2.37. The summed E-state index contributed by atoms with van der Waals surface area (Å²) in [6, 6.07) is 21.4.